The number of alkyl halides is 5. The number of benzene rings is 1. The van der Waals surface area contributed by atoms with Gasteiger partial charge in [-0.1, -0.05) is 12.1 Å². The topological polar surface area (TPSA) is 103 Å². The summed E-state index contributed by atoms with van der Waals surface area (Å²) in [4.78, 5) is 17.1. The van der Waals surface area contributed by atoms with Gasteiger partial charge in [0.2, 0.25) is 5.82 Å². The first kappa shape index (κ1) is 25.7. The number of aldehydes is 1. The SMILES string of the molecule is CN(C)C1CC(c2c(C=O)cccc2OC(F)F)c2c1nn1cc(F)c(OS(=O)(=O)C(F)(F)F)nc21. The molecule has 16 heteroatoms. The summed E-state index contributed by atoms with van der Waals surface area (Å²) in [6.07, 6.45) is 1.15. The van der Waals surface area contributed by atoms with Crippen molar-refractivity contribution in [3.8, 4) is 11.6 Å². The van der Waals surface area contributed by atoms with Crippen molar-refractivity contribution in [3.63, 3.8) is 0 Å². The lowest BCUT2D eigenvalue weighted by Gasteiger charge is -2.22. The van der Waals surface area contributed by atoms with Gasteiger partial charge in [0.15, 0.2) is 5.65 Å². The second-order valence-electron chi connectivity index (χ2n) is 7.97. The highest BCUT2D eigenvalue weighted by molar-refractivity contribution is 7.87. The molecule has 194 valence electrons. The van der Waals surface area contributed by atoms with Crippen LogP contribution in [0.1, 0.15) is 45.6 Å². The van der Waals surface area contributed by atoms with Crippen LogP contribution in [0.25, 0.3) is 5.65 Å². The van der Waals surface area contributed by atoms with Gasteiger partial charge in [-0.25, -0.2) is 4.52 Å². The van der Waals surface area contributed by atoms with Gasteiger partial charge >= 0.3 is 22.2 Å². The predicted octanol–water partition coefficient (Wildman–Crippen LogP) is 3.65. The van der Waals surface area contributed by atoms with Gasteiger partial charge in [0.05, 0.1) is 17.9 Å². The van der Waals surface area contributed by atoms with Gasteiger partial charge in [-0.05, 0) is 26.6 Å². The number of nitrogens with zero attached hydrogens (tertiary/aromatic N) is 4. The van der Waals surface area contributed by atoms with E-state index in [-0.39, 0.29) is 40.2 Å². The molecule has 0 bridgehead atoms. The van der Waals surface area contributed by atoms with Gasteiger partial charge in [-0.3, -0.25) is 4.79 Å². The molecule has 9 nitrogen and oxygen atoms in total. The zero-order valence-corrected chi connectivity index (χ0v) is 19.1. The molecule has 2 aromatic heterocycles. The molecule has 2 heterocycles. The third-order valence-electron chi connectivity index (χ3n) is 5.61. The number of carbonyl (C=O) groups excluding carboxylic acids is 1. The zero-order valence-electron chi connectivity index (χ0n) is 18.3. The van der Waals surface area contributed by atoms with Crippen LogP contribution < -0.4 is 8.92 Å². The van der Waals surface area contributed by atoms with Crippen LogP contribution in [0.3, 0.4) is 0 Å². The van der Waals surface area contributed by atoms with Crippen molar-refractivity contribution in [2.75, 3.05) is 14.1 Å². The Morgan fingerprint density at radius 1 is 1.22 bits per heavy atom. The van der Waals surface area contributed by atoms with E-state index in [1.54, 1.807) is 19.0 Å². The predicted molar refractivity (Wildman–Crippen MR) is 110 cm³/mol. The molecule has 0 saturated carbocycles. The van der Waals surface area contributed by atoms with Crippen molar-refractivity contribution in [1.29, 1.82) is 0 Å². The summed E-state index contributed by atoms with van der Waals surface area (Å²) in [5.74, 6) is -4.28. The van der Waals surface area contributed by atoms with E-state index < -0.39 is 45.9 Å². The third kappa shape index (κ3) is 4.34. The lowest BCUT2D eigenvalue weighted by atomic mass is 9.89. The first-order valence-corrected chi connectivity index (χ1v) is 11.4. The molecule has 1 aliphatic rings. The van der Waals surface area contributed by atoms with E-state index in [1.807, 2.05) is 0 Å². The van der Waals surface area contributed by atoms with E-state index in [1.165, 1.54) is 18.2 Å². The minimum Gasteiger partial charge on any atom is -0.434 e. The quantitative estimate of drug-likeness (QED) is 0.195. The van der Waals surface area contributed by atoms with Crippen LogP contribution in [0.4, 0.5) is 26.3 Å². The number of halogens is 6. The first-order chi connectivity index (χ1) is 16.7. The number of hydrogen-bond acceptors (Lipinski definition) is 8. The molecule has 0 N–H and O–H groups in total. The molecule has 3 aromatic rings. The minimum atomic E-state index is -6.25. The lowest BCUT2D eigenvalue weighted by Crippen LogP contribution is -2.28. The fraction of sp³-hybridized carbons (Fsp3) is 0.350. The van der Waals surface area contributed by atoms with Gasteiger partial charge < -0.3 is 13.8 Å². The monoisotopic (exact) mass is 538 g/mol. The molecule has 4 rings (SSSR count). The maximum absolute atomic E-state index is 14.5. The Bertz CT molecular complexity index is 1440. The molecule has 2 unspecified atom stereocenters. The standard InChI is InChI=1S/C20H16F6N4O5S/c1-29(2)12-6-10(14-9(8-31)4-3-5-13(14)34-19(22)23)15-16(12)28-30-7-11(21)18(27-17(15)30)35-36(32,33)20(24,25)26/h3-5,7-8,10,12,19H,6H2,1-2H3. The summed E-state index contributed by atoms with van der Waals surface area (Å²) < 4.78 is 111. The number of hydrogen-bond donors (Lipinski definition) is 0. The summed E-state index contributed by atoms with van der Waals surface area (Å²) in [5.41, 5.74) is -5.71. The van der Waals surface area contributed by atoms with Crippen LogP contribution in [0.5, 0.6) is 11.6 Å². The van der Waals surface area contributed by atoms with Gasteiger partial charge in [0.25, 0.3) is 5.88 Å². The maximum atomic E-state index is 14.5. The zero-order chi connectivity index (χ0) is 26.6. The number of fused-ring (bicyclic) bond motifs is 3. The van der Waals surface area contributed by atoms with Crippen LogP contribution in [0.2, 0.25) is 0 Å². The summed E-state index contributed by atoms with van der Waals surface area (Å²) in [7, 11) is -2.91. The normalized spacial score (nSPS) is 18.2. The van der Waals surface area contributed by atoms with Gasteiger partial charge in [-0.15, -0.1) is 0 Å². The van der Waals surface area contributed by atoms with Gasteiger partial charge in [0.1, 0.15) is 12.0 Å². The molecule has 1 aliphatic carbocycles. The number of ether oxygens (including phenoxy) is 1. The second-order valence-corrected chi connectivity index (χ2v) is 9.51. The van der Waals surface area contributed by atoms with Crippen LogP contribution in [0.15, 0.2) is 24.4 Å². The highest BCUT2D eigenvalue weighted by Gasteiger charge is 2.49. The lowest BCUT2D eigenvalue weighted by molar-refractivity contribution is -0.0510. The Morgan fingerprint density at radius 2 is 1.92 bits per heavy atom. The fourth-order valence-corrected chi connectivity index (χ4v) is 4.58. The smallest absolute Gasteiger partial charge is 0.434 e. The third-order valence-corrected chi connectivity index (χ3v) is 6.55. The molecule has 1 aromatic carbocycles. The molecule has 0 amide bonds. The molecule has 0 spiro atoms. The Morgan fingerprint density at radius 3 is 2.50 bits per heavy atom. The van der Waals surface area contributed by atoms with E-state index in [0.717, 1.165) is 4.52 Å². The van der Waals surface area contributed by atoms with E-state index >= 15 is 0 Å². The summed E-state index contributed by atoms with van der Waals surface area (Å²) >= 11 is 0. The molecule has 0 radical (unpaired) electrons. The summed E-state index contributed by atoms with van der Waals surface area (Å²) in [6.45, 7) is -3.24. The Hall–Kier alpha value is -3.40. The summed E-state index contributed by atoms with van der Waals surface area (Å²) in [5, 5.41) is 4.23. The number of carbonyl (C=O) groups is 1. The van der Waals surface area contributed by atoms with Crippen LogP contribution in [0, 0.1) is 5.82 Å². The Balaban J connectivity index is 1.96. The van der Waals surface area contributed by atoms with Gasteiger partial charge in [-0.2, -0.15) is 44.8 Å². The average molecular weight is 538 g/mol. The van der Waals surface area contributed by atoms with Crippen molar-refractivity contribution < 1.29 is 48.5 Å². The highest BCUT2D eigenvalue weighted by atomic mass is 32.2. The van der Waals surface area contributed by atoms with Crippen LogP contribution in [-0.4, -0.2) is 60.4 Å². The molecular weight excluding hydrogens is 522 g/mol. The Kier molecular flexibility index (Phi) is 6.36. The fourth-order valence-electron chi connectivity index (χ4n) is 4.16. The minimum absolute atomic E-state index is 0.0129. The second kappa shape index (κ2) is 8.92. The van der Waals surface area contributed by atoms with Crippen LogP contribution >= 0.6 is 0 Å². The molecule has 0 fully saturated rings. The van der Waals surface area contributed by atoms with E-state index in [9.17, 15) is 39.6 Å². The largest absolute Gasteiger partial charge is 0.534 e. The molecule has 36 heavy (non-hydrogen) atoms. The van der Waals surface area contributed by atoms with Crippen molar-refractivity contribution >= 4 is 22.1 Å². The van der Waals surface area contributed by atoms with Crippen molar-refractivity contribution in [2.24, 2.45) is 0 Å². The maximum Gasteiger partial charge on any atom is 0.534 e. The molecular formula is C20H16F6N4O5S. The van der Waals surface area contributed by atoms with Crippen molar-refractivity contribution in [1.82, 2.24) is 19.5 Å². The summed E-state index contributed by atoms with van der Waals surface area (Å²) in [6, 6.07) is 3.37. The van der Waals surface area contributed by atoms with Gasteiger partial charge in [0, 0.05) is 22.6 Å². The van der Waals surface area contributed by atoms with E-state index in [4.69, 9.17) is 0 Å². The first-order valence-electron chi connectivity index (χ1n) is 10.0. The molecule has 2 atom stereocenters. The van der Waals surface area contributed by atoms with Crippen molar-refractivity contribution in [2.45, 2.75) is 30.5 Å². The highest BCUT2D eigenvalue weighted by Crippen LogP contribution is 2.50. The molecule has 0 aliphatic heterocycles. The van der Waals surface area contributed by atoms with E-state index in [0.29, 0.717) is 12.5 Å². The molecule has 0 saturated heterocycles. The average Bonchev–Trinajstić information content (AvgIpc) is 3.29. The van der Waals surface area contributed by atoms with Crippen LogP contribution in [-0.2, 0) is 10.1 Å². The number of aromatic nitrogens is 3. The van der Waals surface area contributed by atoms with Crippen molar-refractivity contribution in [3.05, 3.63) is 52.6 Å². The van der Waals surface area contributed by atoms with E-state index in [2.05, 4.69) is 19.0 Å². The Labute approximate surface area is 199 Å². The number of rotatable bonds is 7.